The van der Waals surface area contributed by atoms with Crippen LogP contribution >= 0.6 is 15.9 Å². The fraction of sp³-hybridized carbons (Fsp3) is 0.296. The second-order valence-corrected chi connectivity index (χ2v) is 9.24. The number of aromatic nitrogens is 1. The van der Waals surface area contributed by atoms with E-state index in [1.807, 2.05) is 71.6 Å². The highest BCUT2D eigenvalue weighted by Crippen LogP contribution is 2.25. The van der Waals surface area contributed by atoms with Gasteiger partial charge in [0.2, 0.25) is 0 Å². The molecule has 34 heavy (non-hydrogen) atoms. The Morgan fingerprint density at radius 2 is 1.82 bits per heavy atom. The predicted octanol–water partition coefficient (Wildman–Crippen LogP) is 1.64. The van der Waals surface area contributed by atoms with Crippen LogP contribution in [-0.2, 0) is 17.8 Å². The Labute approximate surface area is 215 Å². The van der Waals surface area contributed by atoms with Crippen molar-refractivity contribution in [3.8, 4) is 0 Å². The quantitative estimate of drug-likeness (QED) is 0.441. The fourth-order valence-corrected chi connectivity index (χ4v) is 4.88. The van der Waals surface area contributed by atoms with Crippen molar-refractivity contribution < 1.29 is 26.6 Å². The number of ketones is 1. The van der Waals surface area contributed by atoms with Gasteiger partial charge in [-0.1, -0.05) is 49.4 Å². The Bertz CT molecular complexity index is 1140. The average Bonchev–Trinajstić information content (AvgIpc) is 2.84. The predicted molar refractivity (Wildman–Crippen MR) is 133 cm³/mol. The summed E-state index contributed by atoms with van der Waals surface area (Å²) in [6.07, 6.45) is 6.03. The van der Waals surface area contributed by atoms with Crippen molar-refractivity contribution in [3.63, 3.8) is 0 Å². The Hall–Kier alpha value is -2.54. The Kier molecular flexibility index (Phi) is 9.39. The van der Waals surface area contributed by atoms with Crippen LogP contribution in [0.3, 0.4) is 0 Å². The van der Waals surface area contributed by atoms with Gasteiger partial charge in [-0.15, -0.1) is 0 Å². The molecule has 0 bridgehead atoms. The number of carbonyl (C=O) groups is 2. The lowest BCUT2D eigenvalue weighted by Crippen LogP contribution is -3.00. The molecule has 0 aliphatic carbocycles. The van der Waals surface area contributed by atoms with Gasteiger partial charge in [0.25, 0.3) is 5.91 Å². The lowest BCUT2D eigenvalue weighted by Gasteiger charge is -2.27. The van der Waals surface area contributed by atoms with Crippen LogP contribution in [0.15, 0.2) is 77.5 Å². The van der Waals surface area contributed by atoms with Crippen molar-refractivity contribution in [3.05, 3.63) is 94.2 Å². The highest BCUT2D eigenvalue weighted by Gasteiger charge is 2.27. The highest BCUT2D eigenvalue weighted by molar-refractivity contribution is 9.10. The van der Waals surface area contributed by atoms with Crippen LogP contribution in [0, 0.1) is 0 Å². The maximum absolute atomic E-state index is 13.6. The molecule has 0 spiro atoms. The van der Waals surface area contributed by atoms with Crippen LogP contribution in [0.4, 0.5) is 5.69 Å². The molecule has 1 aliphatic rings. The molecule has 178 valence electrons. The summed E-state index contributed by atoms with van der Waals surface area (Å²) < 4.78 is 2.88. The molecule has 0 radical (unpaired) electrons. The summed E-state index contributed by atoms with van der Waals surface area (Å²) in [5.74, 6) is -0.0108. The number of anilines is 1. The molecule has 0 saturated carbocycles. The first-order chi connectivity index (χ1) is 16.1. The molecule has 5 nitrogen and oxygen atoms in total. The smallest absolute Gasteiger partial charge is 0.264 e. The molecule has 7 heteroatoms. The number of hydrogen-bond donors (Lipinski definition) is 1. The summed E-state index contributed by atoms with van der Waals surface area (Å²) in [6.45, 7) is 4.04. The number of nitrogens with zero attached hydrogens (tertiary/aromatic N) is 2. The topological polar surface area (TPSA) is 53.3 Å². The minimum Gasteiger partial charge on any atom is -1.00 e. The molecule has 1 amide bonds. The maximum Gasteiger partial charge on any atom is 0.264 e. The van der Waals surface area contributed by atoms with Crippen molar-refractivity contribution in [2.75, 3.05) is 18.0 Å². The second kappa shape index (κ2) is 12.2. The van der Waals surface area contributed by atoms with Crippen molar-refractivity contribution >= 4 is 33.3 Å². The molecule has 4 rings (SSSR count). The zero-order chi connectivity index (χ0) is 23.2. The summed E-state index contributed by atoms with van der Waals surface area (Å²) in [4.78, 5) is 28.6. The molecular formula is C27H29BrClN3O2. The van der Waals surface area contributed by atoms with E-state index in [0.29, 0.717) is 12.1 Å². The summed E-state index contributed by atoms with van der Waals surface area (Å²) in [5.41, 5.74) is 3.66. The van der Waals surface area contributed by atoms with E-state index < -0.39 is 0 Å². The largest absolute Gasteiger partial charge is 1.00 e. The summed E-state index contributed by atoms with van der Waals surface area (Å²) in [6, 6.07) is 19.2. The molecule has 2 heterocycles. The maximum atomic E-state index is 13.6. The van der Waals surface area contributed by atoms with E-state index in [1.165, 1.54) is 5.56 Å². The van der Waals surface area contributed by atoms with Crippen LogP contribution in [0.5, 0.6) is 0 Å². The molecule has 0 fully saturated rings. The van der Waals surface area contributed by atoms with Gasteiger partial charge in [0, 0.05) is 31.6 Å². The van der Waals surface area contributed by atoms with Crippen molar-refractivity contribution in [2.24, 2.45) is 0 Å². The molecular weight excluding hydrogens is 514 g/mol. The second-order valence-electron chi connectivity index (χ2n) is 8.33. The van der Waals surface area contributed by atoms with E-state index in [0.717, 1.165) is 41.7 Å². The standard InChI is InChI=1S/C27H29BrN3O2.ClH/c1-2-15-30-18-21(17-22(28)19-30)27(33)31(23-9-4-3-5-10-23)16-13-25(32)26-24-11-7-6-8-20(24)12-14-29-26;/h3-11,17-19,26,29H,2,12-16H2,1H3;1H/q+1;/p-1. The molecule has 1 atom stereocenters. The first-order valence-electron chi connectivity index (χ1n) is 11.5. The third-order valence-electron chi connectivity index (χ3n) is 5.94. The summed E-state index contributed by atoms with van der Waals surface area (Å²) in [5, 5.41) is 3.37. The molecule has 1 aliphatic heterocycles. The van der Waals surface area contributed by atoms with Gasteiger partial charge in [-0.2, -0.15) is 0 Å². The Morgan fingerprint density at radius 3 is 2.59 bits per heavy atom. The van der Waals surface area contributed by atoms with E-state index >= 15 is 0 Å². The van der Waals surface area contributed by atoms with E-state index in [4.69, 9.17) is 0 Å². The molecule has 3 aromatic rings. The van der Waals surface area contributed by atoms with Crippen molar-refractivity contribution in [1.82, 2.24) is 5.32 Å². The first kappa shape index (κ1) is 26.1. The van der Waals surface area contributed by atoms with Gasteiger partial charge < -0.3 is 22.6 Å². The first-order valence-corrected chi connectivity index (χ1v) is 12.3. The van der Waals surface area contributed by atoms with Crippen LogP contribution < -0.4 is 27.2 Å². The monoisotopic (exact) mass is 541 g/mol. The van der Waals surface area contributed by atoms with Crippen LogP contribution in [-0.4, -0.2) is 24.8 Å². The zero-order valence-electron chi connectivity index (χ0n) is 19.2. The molecule has 1 unspecified atom stereocenters. The average molecular weight is 543 g/mol. The Balaban J connectivity index is 0.00000324. The van der Waals surface area contributed by atoms with E-state index in [-0.39, 0.29) is 36.6 Å². The minimum absolute atomic E-state index is 0. The van der Waals surface area contributed by atoms with Gasteiger partial charge >= 0.3 is 0 Å². The van der Waals surface area contributed by atoms with Crippen molar-refractivity contribution in [2.45, 2.75) is 38.8 Å². The minimum atomic E-state index is -0.319. The highest BCUT2D eigenvalue weighted by atomic mass is 79.9. The number of benzene rings is 2. The van der Waals surface area contributed by atoms with Crippen molar-refractivity contribution in [1.29, 1.82) is 0 Å². The number of Topliss-reactive ketones (excluding diaryl/α,β-unsaturated/α-hetero) is 1. The number of nitrogens with one attached hydrogen (secondary N) is 1. The lowest BCUT2D eigenvalue weighted by atomic mass is 9.91. The van der Waals surface area contributed by atoms with Gasteiger partial charge in [-0.25, -0.2) is 4.57 Å². The number of para-hydroxylation sites is 1. The number of hydrogen-bond acceptors (Lipinski definition) is 3. The normalized spacial score (nSPS) is 14.6. The number of halogens is 2. The lowest BCUT2D eigenvalue weighted by molar-refractivity contribution is -0.697. The van der Waals surface area contributed by atoms with E-state index in [1.54, 1.807) is 4.90 Å². The van der Waals surface area contributed by atoms with E-state index in [9.17, 15) is 9.59 Å². The van der Waals surface area contributed by atoms with Gasteiger partial charge in [0.15, 0.2) is 18.2 Å². The molecule has 1 N–H and O–H groups in total. The van der Waals surface area contributed by atoms with Gasteiger partial charge in [0.05, 0.1) is 10.5 Å². The fourth-order valence-electron chi connectivity index (χ4n) is 4.37. The molecule has 2 aromatic carbocycles. The molecule has 1 aromatic heterocycles. The van der Waals surface area contributed by atoms with E-state index in [2.05, 4.69) is 34.2 Å². The Morgan fingerprint density at radius 1 is 1.09 bits per heavy atom. The van der Waals surface area contributed by atoms with Gasteiger partial charge in [0.1, 0.15) is 12.1 Å². The number of rotatable bonds is 8. The third-order valence-corrected chi connectivity index (χ3v) is 6.38. The third kappa shape index (κ3) is 6.12. The number of fused-ring (bicyclic) bond motifs is 1. The number of aryl methyl sites for hydroxylation is 1. The molecule has 0 saturated heterocycles. The number of pyridine rings is 1. The summed E-state index contributed by atoms with van der Waals surface area (Å²) in [7, 11) is 0. The van der Waals surface area contributed by atoms with Crippen LogP contribution in [0.25, 0.3) is 0 Å². The van der Waals surface area contributed by atoms with Crippen LogP contribution in [0.1, 0.15) is 47.3 Å². The SMILES string of the molecule is CCC[n+]1cc(Br)cc(C(=O)N(CCC(=O)C2NCCc3ccccc32)c2ccccc2)c1.[Cl-]. The summed E-state index contributed by atoms with van der Waals surface area (Å²) >= 11 is 3.53. The number of amides is 1. The van der Waals surface area contributed by atoms with Crippen LogP contribution in [0.2, 0.25) is 0 Å². The number of carbonyl (C=O) groups excluding carboxylic acids is 2. The zero-order valence-corrected chi connectivity index (χ0v) is 21.6. The van der Waals surface area contributed by atoms with Gasteiger partial charge in [-0.3, -0.25) is 9.59 Å². The van der Waals surface area contributed by atoms with Gasteiger partial charge in [-0.05, 0) is 51.7 Å².